The van der Waals surface area contributed by atoms with Gasteiger partial charge in [0.2, 0.25) is 6.41 Å². The van der Waals surface area contributed by atoms with Gasteiger partial charge >= 0.3 is 0 Å². The minimum atomic E-state index is 0.263. The van der Waals surface area contributed by atoms with Crippen LogP contribution in [0.5, 0.6) is 0 Å². The standard InChI is InChI=1S/C17H24N2O2/c1-2-3-9-19(13-20)10-8-14-4-7-17-15(11-14)5-6-16(21)12-18-17/h4,7,11,13,18H,2-3,5-6,8-10,12H2,1H3. The second kappa shape index (κ2) is 7.81. The summed E-state index contributed by atoms with van der Waals surface area (Å²) in [7, 11) is 0. The molecule has 0 saturated heterocycles. The number of unbranched alkanes of at least 4 members (excludes halogenated alkanes) is 1. The number of ketones is 1. The summed E-state index contributed by atoms with van der Waals surface area (Å²) >= 11 is 0. The third kappa shape index (κ3) is 4.59. The molecule has 0 aliphatic carbocycles. The molecule has 1 heterocycles. The lowest BCUT2D eigenvalue weighted by Crippen LogP contribution is -2.25. The molecule has 1 aliphatic heterocycles. The van der Waals surface area contributed by atoms with Gasteiger partial charge in [0.1, 0.15) is 0 Å². The molecule has 1 N–H and O–H groups in total. The highest BCUT2D eigenvalue weighted by molar-refractivity contribution is 5.84. The van der Waals surface area contributed by atoms with E-state index in [-0.39, 0.29) is 5.78 Å². The number of hydrogen-bond acceptors (Lipinski definition) is 3. The van der Waals surface area contributed by atoms with Crippen molar-refractivity contribution >= 4 is 17.9 Å². The Balaban J connectivity index is 1.95. The fourth-order valence-corrected chi connectivity index (χ4v) is 2.59. The van der Waals surface area contributed by atoms with E-state index < -0.39 is 0 Å². The normalized spacial score (nSPS) is 14.0. The highest BCUT2D eigenvalue weighted by Gasteiger charge is 2.13. The van der Waals surface area contributed by atoms with Gasteiger partial charge in [0.05, 0.1) is 6.54 Å². The second-order valence-corrected chi connectivity index (χ2v) is 5.63. The first-order chi connectivity index (χ1) is 10.2. The van der Waals surface area contributed by atoms with E-state index in [1.54, 1.807) is 0 Å². The van der Waals surface area contributed by atoms with Crippen LogP contribution in [0.4, 0.5) is 5.69 Å². The van der Waals surface area contributed by atoms with Gasteiger partial charge in [0, 0.05) is 25.2 Å². The van der Waals surface area contributed by atoms with E-state index in [0.29, 0.717) is 13.0 Å². The molecule has 0 spiro atoms. The van der Waals surface area contributed by atoms with Gasteiger partial charge in [-0.15, -0.1) is 0 Å². The lowest BCUT2D eigenvalue weighted by atomic mass is 10.0. The number of aryl methyl sites for hydroxylation is 1. The molecule has 0 atom stereocenters. The van der Waals surface area contributed by atoms with E-state index in [1.807, 2.05) is 4.90 Å². The highest BCUT2D eigenvalue weighted by atomic mass is 16.1. The lowest BCUT2D eigenvalue weighted by Gasteiger charge is -2.17. The number of nitrogens with one attached hydrogen (secondary N) is 1. The fourth-order valence-electron chi connectivity index (χ4n) is 2.59. The largest absolute Gasteiger partial charge is 0.378 e. The number of carbonyl (C=O) groups is 2. The predicted octanol–water partition coefficient (Wildman–Crippen LogP) is 2.41. The molecule has 1 amide bonds. The van der Waals surface area contributed by atoms with Crippen LogP contribution >= 0.6 is 0 Å². The molecule has 0 unspecified atom stereocenters. The summed E-state index contributed by atoms with van der Waals surface area (Å²) in [6.45, 7) is 4.15. The highest BCUT2D eigenvalue weighted by Crippen LogP contribution is 2.22. The summed E-state index contributed by atoms with van der Waals surface area (Å²) in [6, 6.07) is 6.31. The summed E-state index contributed by atoms with van der Waals surface area (Å²) in [5.74, 6) is 0.263. The summed E-state index contributed by atoms with van der Waals surface area (Å²) in [5, 5.41) is 3.19. The number of Topliss-reactive ketones (excluding diaryl/α,β-unsaturated/α-hetero) is 1. The fraction of sp³-hybridized carbons (Fsp3) is 0.529. The van der Waals surface area contributed by atoms with Crippen LogP contribution in [0.15, 0.2) is 18.2 Å². The number of amides is 1. The summed E-state index contributed by atoms with van der Waals surface area (Å²) < 4.78 is 0. The number of hydrogen-bond donors (Lipinski definition) is 1. The van der Waals surface area contributed by atoms with Gasteiger partial charge in [-0.3, -0.25) is 9.59 Å². The quantitative estimate of drug-likeness (QED) is 0.784. The minimum absolute atomic E-state index is 0.263. The Kier molecular flexibility index (Phi) is 5.78. The average Bonchev–Trinajstić information content (AvgIpc) is 2.69. The van der Waals surface area contributed by atoms with Crippen LogP contribution in [0.25, 0.3) is 0 Å². The van der Waals surface area contributed by atoms with E-state index in [4.69, 9.17) is 0 Å². The Labute approximate surface area is 126 Å². The van der Waals surface area contributed by atoms with Crippen molar-refractivity contribution in [2.75, 3.05) is 25.0 Å². The Morgan fingerprint density at radius 2 is 2.14 bits per heavy atom. The molecule has 0 fully saturated rings. The van der Waals surface area contributed by atoms with Crippen molar-refractivity contribution in [3.8, 4) is 0 Å². The summed E-state index contributed by atoms with van der Waals surface area (Å²) in [6.07, 6.45) is 5.38. The van der Waals surface area contributed by atoms with Gasteiger partial charge < -0.3 is 10.2 Å². The van der Waals surface area contributed by atoms with E-state index in [9.17, 15) is 9.59 Å². The third-order valence-electron chi connectivity index (χ3n) is 3.95. The van der Waals surface area contributed by atoms with Gasteiger partial charge in [-0.2, -0.15) is 0 Å². The van der Waals surface area contributed by atoms with E-state index in [1.165, 1.54) is 11.1 Å². The van der Waals surface area contributed by atoms with Gasteiger partial charge in [-0.1, -0.05) is 25.5 Å². The van der Waals surface area contributed by atoms with Gasteiger partial charge in [0.25, 0.3) is 0 Å². The van der Waals surface area contributed by atoms with E-state index in [2.05, 4.69) is 30.4 Å². The number of fused-ring (bicyclic) bond motifs is 1. The van der Waals surface area contributed by atoms with Crippen LogP contribution in [0.2, 0.25) is 0 Å². The maximum absolute atomic E-state index is 11.5. The average molecular weight is 288 g/mol. The summed E-state index contributed by atoms with van der Waals surface area (Å²) in [5.41, 5.74) is 3.51. The molecule has 1 aromatic carbocycles. The maximum Gasteiger partial charge on any atom is 0.209 e. The lowest BCUT2D eigenvalue weighted by molar-refractivity contribution is -0.118. The van der Waals surface area contributed by atoms with Crippen LogP contribution in [-0.2, 0) is 22.4 Å². The SMILES string of the molecule is CCCCN(C=O)CCc1ccc2c(c1)CCC(=O)CN2. The van der Waals surface area contributed by atoms with Gasteiger partial charge in [0.15, 0.2) is 5.78 Å². The Hall–Kier alpha value is -1.84. The van der Waals surface area contributed by atoms with Crippen molar-refractivity contribution in [2.24, 2.45) is 0 Å². The first-order valence-corrected chi connectivity index (χ1v) is 7.79. The second-order valence-electron chi connectivity index (χ2n) is 5.63. The first-order valence-electron chi connectivity index (χ1n) is 7.79. The molecule has 0 aromatic heterocycles. The number of nitrogens with zero attached hydrogens (tertiary/aromatic N) is 1. The van der Waals surface area contributed by atoms with Crippen molar-refractivity contribution in [3.05, 3.63) is 29.3 Å². The van der Waals surface area contributed by atoms with Crippen LogP contribution < -0.4 is 5.32 Å². The molecule has 0 radical (unpaired) electrons. The van der Waals surface area contributed by atoms with Gasteiger partial charge in [-0.05, 0) is 36.5 Å². The number of carbonyl (C=O) groups excluding carboxylic acids is 2. The van der Waals surface area contributed by atoms with E-state index >= 15 is 0 Å². The van der Waals surface area contributed by atoms with Crippen molar-refractivity contribution in [1.29, 1.82) is 0 Å². The minimum Gasteiger partial charge on any atom is -0.378 e. The Morgan fingerprint density at radius 1 is 1.29 bits per heavy atom. The van der Waals surface area contributed by atoms with Crippen LogP contribution in [0.3, 0.4) is 0 Å². The molecule has 4 heteroatoms. The van der Waals surface area contributed by atoms with Gasteiger partial charge in [-0.25, -0.2) is 0 Å². The Bertz CT molecular complexity index is 500. The summed E-state index contributed by atoms with van der Waals surface area (Å²) in [4.78, 5) is 24.4. The maximum atomic E-state index is 11.5. The molecule has 1 aliphatic rings. The van der Waals surface area contributed by atoms with Crippen molar-refractivity contribution < 1.29 is 9.59 Å². The zero-order valence-electron chi connectivity index (χ0n) is 12.7. The number of anilines is 1. The zero-order chi connectivity index (χ0) is 15.1. The zero-order valence-corrected chi connectivity index (χ0v) is 12.7. The topological polar surface area (TPSA) is 49.4 Å². The molecule has 4 nitrogen and oxygen atoms in total. The third-order valence-corrected chi connectivity index (χ3v) is 3.95. The monoisotopic (exact) mass is 288 g/mol. The molecule has 0 saturated carbocycles. The number of benzene rings is 1. The van der Waals surface area contributed by atoms with Crippen LogP contribution in [0, 0.1) is 0 Å². The molecule has 2 rings (SSSR count). The van der Waals surface area contributed by atoms with Crippen LogP contribution in [0.1, 0.15) is 37.3 Å². The molecule has 21 heavy (non-hydrogen) atoms. The van der Waals surface area contributed by atoms with Crippen LogP contribution in [-0.4, -0.2) is 36.7 Å². The van der Waals surface area contributed by atoms with E-state index in [0.717, 1.165) is 50.9 Å². The molecular weight excluding hydrogens is 264 g/mol. The molecular formula is C17H24N2O2. The number of rotatable bonds is 7. The van der Waals surface area contributed by atoms with Crippen molar-refractivity contribution in [1.82, 2.24) is 4.90 Å². The molecule has 114 valence electrons. The first kappa shape index (κ1) is 15.5. The van der Waals surface area contributed by atoms with Crippen molar-refractivity contribution in [2.45, 2.75) is 39.0 Å². The predicted molar refractivity (Wildman–Crippen MR) is 84.5 cm³/mol. The molecule has 0 bridgehead atoms. The Morgan fingerprint density at radius 3 is 2.90 bits per heavy atom. The smallest absolute Gasteiger partial charge is 0.209 e. The van der Waals surface area contributed by atoms with Crippen molar-refractivity contribution in [3.63, 3.8) is 0 Å². The molecule has 1 aromatic rings.